The van der Waals surface area contributed by atoms with Gasteiger partial charge in [0.15, 0.2) is 11.3 Å². The number of hydrogen-bond acceptors (Lipinski definition) is 2. The van der Waals surface area contributed by atoms with Crippen molar-refractivity contribution in [3.8, 4) is 0 Å². The maximum atomic E-state index is 10.8. The molecule has 17 heavy (non-hydrogen) atoms. The van der Waals surface area contributed by atoms with Crippen LogP contribution in [0.4, 0.5) is 5.69 Å². The molecule has 0 amide bonds. The molecule has 1 aromatic rings. The van der Waals surface area contributed by atoms with Crippen molar-refractivity contribution in [1.29, 1.82) is 0 Å². The molecule has 0 radical (unpaired) electrons. The Balaban J connectivity index is 2.62. The van der Waals surface area contributed by atoms with Crippen LogP contribution in [0.1, 0.15) is 31.9 Å². The SMILES string of the molecule is CC1=[N+](C)C(C)(C)Cc2ccc([N+](=O)[O-])cc21. The lowest BCUT2D eigenvalue weighted by molar-refractivity contribution is -0.576. The van der Waals surface area contributed by atoms with Gasteiger partial charge in [0.1, 0.15) is 7.05 Å². The minimum Gasteiger partial charge on any atom is -0.258 e. The van der Waals surface area contributed by atoms with Crippen molar-refractivity contribution >= 4 is 11.4 Å². The largest absolute Gasteiger partial charge is 0.270 e. The Morgan fingerprint density at radius 2 is 2.06 bits per heavy atom. The molecule has 0 aromatic heterocycles. The first-order chi connectivity index (χ1) is 7.83. The number of nitro groups is 1. The van der Waals surface area contributed by atoms with Crippen molar-refractivity contribution in [2.75, 3.05) is 7.05 Å². The first-order valence-corrected chi connectivity index (χ1v) is 5.68. The van der Waals surface area contributed by atoms with Crippen LogP contribution in [0.2, 0.25) is 0 Å². The third kappa shape index (κ3) is 1.84. The van der Waals surface area contributed by atoms with E-state index in [2.05, 4.69) is 18.4 Å². The van der Waals surface area contributed by atoms with Crippen LogP contribution in [0.3, 0.4) is 0 Å². The molecule has 0 fully saturated rings. The molecule has 0 N–H and O–H groups in total. The van der Waals surface area contributed by atoms with E-state index in [-0.39, 0.29) is 16.1 Å². The van der Waals surface area contributed by atoms with Crippen molar-refractivity contribution in [2.45, 2.75) is 32.7 Å². The van der Waals surface area contributed by atoms with E-state index in [1.807, 2.05) is 20.0 Å². The summed E-state index contributed by atoms with van der Waals surface area (Å²) < 4.78 is 2.19. The second kappa shape index (κ2) is 3.65. The number of fused-ring (bicyclic) bond motifs is 1. The molecule has 0 spiro atoms. The van der Waals surface area contributed by atoms with Gasteiger partial charge in [-0.1, -0.05) is 6.07 Å². The van der Waals surface area contributed by atoms with Crippen molar-refractivity contribution in [3.63, 3.8) is 0 Å². The highest BCUT2D eigenvalue weighted by Crippen LogP contribution is 2.28. The average molecular weight is 233 g/mol. The van der Waals surface area contributed by atoms with Crippen molar-refractivity contribution in [2.24, 2.45) is 0 Å². The molecule has 0 bridgehead atoms. The van der Waals surface area contributed by atoms with E-state index < -0.39 is 0 Å². The van der Waals surface area contributed by atoms with Crippen molar-refractivity contribution < 1.29 is 9.50 Å². The first-order valence-electron chi connectivity index (χ1n) is 5.68. The van der Waals surface area contributed by atoms with Gasteiger partial charge in [-0.25, -0.2) is 4.58 Å². The summed E-state index contributed by atoms with van der Waals surface area (Å²) in [4.78, 5) is 10.4. The van der Waals surface area contributed by atoms with Crippen LogP contribution in [0.5, 0.6) is 0 Å². The van der Waals surface area contributed by atoms with E-state index in [4.69, 9.17) is 0 Å². The molecule has 4 heteroatoms. The number of benzene rings is 1. The van der Waals surface area contributed by atoms with Crippen LogP contribution in [0, 0.1) is 10.1 Å². The molecule has 1 aliphatic rings. The Hall–Kier alpha value is -1.71. The Bertz CT molecular complexity index is 530. The molecular weight excluding hydrogens is 216 g/mol. The quantitative estimate of drug-likeness (QED) is 0.424. The fourth-order valence-corrected chi connectivity index (χ4v) is 2.39. The lowest BCUT2D eigenvalue weighted by Gasteiger charge is -2.28. The molecule has 1 heterocycles. The van der Waals surface area contributed by atoms with E-state index in [1.165, 1.54) is 5.56 Å². The molecule has 0 atom stereocenters. The van der Waals surface area contributed by atoms with Crippen molar-refractivity contribution in [1.82, 2.24) is 0 Å². The molecule has 0 saturated heterocycles. The predicted octanol–water partition coefficient (Wildman–Crippen LogP) is 2.38. The summed E-state index contributed by atoms with van der Waals surface area (Å²) in [6.07, 6.45) is 0.911. The summed E-state index contributed by atoms with van der Waals surface area (Å²) in [5, 5.41) is 10.8. The van der Waals surface area contributed by atoms with Gasteiger partial charge in [0.2, 0.25) is 0 Å². The fourth-order valence-electron chi connectivity index (χ4n) is 2.39. The molecule has 0 saturated carbocycles. The molecule has 90 valence electrons. The molecule has 1 aromatic carbocycles. The van der Waals surface area contributed by atoms with Gasteiger partial charge in [0, 0.05) is 39.3 Å². The van der Waals surface area contributed by atoms with Crippen LogP contribution < -0.4 is 0 Å². The van der Waals surface area contributed by atoms with Crippen LogP contribution >= 0.6 is 0 Å². The number of rotatable bonds is 1. The van der Waals surface area contributed by atoms with Crippen LogP contribution in [0.25, 0.3) is 0 Å². The Morgan fingerprint density at radius 1 is 1.41 bits per heavy atom. The molecule has 0 unspecified atom stereocenters. The van der Waals surface area contributed by atoms with E-state index in [0.29, 0.717) is 0 Å². The van der Waals surface area contributed by atoms with E-state index >= 15 is 0 Å². The first kappa shape index (κ1) is 11.8. The summed E-state index contributed by atoms with van der Waals surface area (Å²) in [5.74, 6) is 0. The highest BCUT2D eigenvalue weighted by atomic mass is 16.6. The maximum absolute atomic E-state index is 10.8. The number of nitro benzene ring substituents is 1. The standard InChI is InChI=1S/C13H17N2O2/c1-9-12-7-11(15(16)17)6-5-10(12)8-13(2,3)14(9)4/h5-7H,8H2,1-4H3/q+1. The van der Waals surface area contributed by atoms with Gasteiger partial charge in [-0.15, -0.1) is 0 Å². The lowest BCUT2D eigenvalue weighted by Crippen LogP contribution is -2.43. The van der Waals surface area contributed by atoms with Crippen molar-refractivity contribution in [3.05, 3.63) is 39.4 Å². The smallest absolute Gasteiger partial charge is 0.258 e. The van der Waals surface area contributed by atoms with Gasteiger partial charge in [-0.05, 0) is 5.56 Å². The normalized spacial score (nSPS) is 17.9. The Kier molecular flexibility index (Phi) is 2.53. The third-order valence-electron chi connectivity index (χ3n) is 3.73. The number of hydrogen-bond donors (Lipinski definition) is 0. The molecule has 4 nitrogen and oxygen atoms in total. The summed E-state index contributed by atoms with van der Waals surface area (Å²) >= 11 is 0. The minimum atomic E-state index is -0.340. The predicted molar refractivity (Wildman–Crippen MR) is 66.8 cm³/mol. The summed E-state index contributed by atoms with van der Waals surface area (Å²) in [6, 6.07) is 5.15. The maximum Gasteiger partial charge on any atom is 0.270 e. The minimum absolute atomic E-state index is 0.0627. The molecule has 2 rings (SSSR count). The van der Waals surface area contributed by atoms with E-state index in [0.717, 1.165) is 17.7 Å². The second-order valence-electron chi connectivity index (χ2n) is 5.23. The van der Waals surface area contributed by atoms with Gasteiger partial charge < -0.3 is 0 Å². The van der Waals surface area contributed by atoms with Gasteiger partial charge >= 0.3 is 0 Å². The third-order valence-corrected chi connectivity index (χ3v) is 3.73. The van der Waals surface area contributed by atoms with Crippen LogP contribution in [-0.2, 0) is 6.42 Å². The van der Waals surface area contributed by atoms with Crippen LogP contribution in [0.15, 0.2) is 18.2 Å². The number of likely N-dealkylation sites (N-methyl/N-ethyl adjacent to an activating group) is 1. The zero-order chi connectivity index (χ0) is 12.8. The van der Waals surface area contributed by atoms with E-state index in [9.17, 15) is 10.1 Å². The lowest BCUT2D eigenvalue weighted by atomic mass is 9.86. The second-order valence-corrected chi connectivity index (χ2v) is 5.23. The summed E-state index contributed by atoms with van der Waals surface area (Å²) in [7, 11) is 2.04. The summed E-state index contributed by atoms with van der Waals surface area (Å²) in [6.45, 7) is 6.38. The molecule has 0 aliphatic carbocycles. The van der Waals surface area contributed by atoms with E-state index in [1.54, 1.807) is 12.1 Å². The number of non-ortho nitro benzene ring substituents is 1. The molecule has 1 aliphatic heterocycles. The Morgan fingerprint density at radius 3 is 2.65 bits per heavy atom. The van der Waals surface area contributed by atoms with Gasteiger partial charge in [0.05, 0.1) is 10.5 Å². The monoisotopic (exact) mass is 233 g/mol. The topological polar surface area (TPSA) is 46.1 Å². The average Bonchev–Trinajstić information content (AvgIpc) is 2.25. The highest BCUT2D eigenvalue weighted by Gasteiger charge is 2.36. The Labute approximate surface area is 101 Å². The zero-order valence-corrected chi connectivity index (χ0v) is 10.7. The van der Waals surface area contributed by atoms with Gasteiger partial charge in [-0.3, -0.25) is 10.1 Å². The van der Waals surface area contributed by atoms with Crippen LogP contribution in [-0.4, -0.2) is 27.8 Å². The van der Waals surface area contributed by atoms with Gasteiger partial charge in [-0.2, -0.15) is 0 Å². The summed E-state index contributed by atoms with van der Waals surface area (Å²) in [5.41, 5.74) is 3.51. The highest BCUT2D eigenvalue weighted by molar-refractivity contribution is 5.97. The molecular formula is C13H17N2O2+. The fraction of sp³-hybridized carbons (Fsp3) is 0.462. The number of nitrogens with zero attached hydrogens (tertiary/aromatic N) is 2. The zero-order valence-electron chi connectivity index (χ0n) is 10.7. The van der Waals surface area contributed by atoms with Gasteiger partial charge in [0.25, 0.3) is 5.69 Å².